The molecule has 2 aromatic rings. The number of carboxylic acids is 1. The van der Waals surface area contributed by atoms with Crippen LogP contribution in [0.5, 0.6) is 0 Å². The quantitative estimate of drug-likeness (QED) is 0.661. The standard InChI is InChI=1S/C23H29NO2/c25-23(26)17-19-14-16-24(18-19)15-8-7-13-22(20-9-3-1-4-10-20)21-11-5-2-6-12-21/h1-6,9-12,19,22H,7-8,13-18H2,(H,25,26). The number of nitrogens with zero attached hydrogens (tertiary/aromatic N) is 1. The van der Waals surface area contributed by atoms with Gasteiger partial charge in [-0.25, -0.2) is 0 Å². The molecule has 0 radical (unpaired) electrons. The molecule has 138 valence electrons. The fourth-order valence-corrected chi connectivity index (χ4v) is 4.11. The average molecular weight is 351 g/mol. The van der Waals surface area contributed by atoms with Gasteiger partial charge < -0.3 is 10.0 Å². The third-order valence-corrected chi connectivity index (χ3v) is 5.45. The zero-order valence-corrected chi connectivity index (χ0v) is 15.4. The molecule has 0 saturated carbocycles. The van der Waals surface area contributed by atoms with Gasteiger partial charge in [-0.05, 0) is 49.4 Å². The monoisotopic (exact) mass is 351 g/mol. The van der Waals surface area contributed by atoms with E-state index in [1.54, 1.807) is 0 Å². The Kier molecular flexibility index (Phi) is 6.84. The normalized spacial score (nSPS) is 17.7. The van der Waals surface area contributed by atoms with Crippen molar-refractivity contribution in [1.82, 2.24) is 4.90 Å². The maximum absolute atomic E-state index is 10.8. The first-order valence-electron chi connectivity index (χ1n) is 9.76. The highest BCUT2D eigenvalue weighted by molar-refractivity contribution is 5.67. The first kappa shape index (κ1) is 18.7. The van der Waals surface area contributed by atoms with E-state index >= 15 is 0 Å². The zero-order valence-electron chi connectivity index (χ0n) is 15.4. The molecular formula is C23H29NO2. The van der Waals surface area contributed by atoms with E-state index in [0.29, 0.717) is 18.3 Å². The van der Waals surface area contributed by atoms with Crippen LogP contribution in [0.1, 0.15) is 49.1 Å². The van der Waals surface area contributed by atoms with Gasteiger partial charge in [0.1, 0.15) is 0 Å². The van der Waals surface area contributed by atoms with Crippen molar-refractivity contribution >= 4 is 5.97 Å². The molecule has 2 aromatic carbocycles. The molecule has 0 aromatic heterocycles. The molecule has 0 bridgehead atoms. The number of carboxylic acid groups (broad SMARTS) is 1. The Morgan fingerprint density at radius 3 is 2.19 bits per heavy atom. The highest BCUT2D eigenvalue weighted by Crippen LogP contribution is 2.30. The second-order valence-electron chi connectivity index (χ2n) is 7.42. The summed E-state index contributed by atoms with van der Waals surface area (Å²) in [7, 11) is 0. The molecular weight excluding hydrogens is 322 g/mol. The van der Waals surface area contributed by atoms with Crippen molar-refractivity contribution in [3.05, 3.63) is 71.8 Å². The number of rotatable bonds is 9. The van der Waals surface area contributed by atoms with Crippen molar-refractivity contribution in [2.45, 2.75) is 38.0 Å². The molecule has 0 spiro atoms. The Labute approximate surface area is 156 Å². The third-order valence-electron chi connectivity index (χ3n) is 5.45. The highest BCUT2D eigenvalue weighted by Gasteiger charge is 2.24. The molecule has 3 heteroatoms. The van der Waals surface area contributed by atoms with Gasteiger partial charge in [0.05, 0.1) is 0 Å². The van der Waals surface area contributed by atoms with Crippen molar-refractivity contribution in [2.75, 3.05) is 19.6 Å². The molecule has 1 saturated heterocycles. The van der Waals surface area contributed by atoms with E-state index in [4.69, 9.17) is 5.11 Å². The minimum atomic E-state index is -0.662. The van der Waals surface area contributed by atoms with Crippen molar-refractivity contribution in [3.8, 4) is 0 Å². The second-order valence-corrected chi connectivity index (χ2v) is 7.42. The van der Waals surface area contributed by atoms with Crippen molar-refractivity contribution in [2.24, 2.45) is 5.92 Å². The predicted octanol–water partition coefficient (Wildman–Crippen LogP) is 4.79. The van der Waals surface area contributed by atoms with Gasteiger partial charge in [-0.1, -0.05) is 67.1 Å². The number of unbranched alkanes of at least 4 members (excludes halogenated alkanes) is 1. The summed E-state index contributed by atoms with van der Waals surface area (Å²) in [5.41, 5.74) is 2.78. The first-order valence-corrected chi connectivity index (χ1v) is 9.76. The van der Waals surface area contributed by atoms with Gasteiger partial charge in [0.25, 0.3) is 0 Å². The van der Waals surface area contributed by atoms with Crippen molar-refractivity contribution in [3.63, 3.8) is 0 Å². The Morgan fingerprint density at radius 2 is 1.62 bits per heavy atom. The van der Waals surface area contributed by atoms with Crippen LogP contribution in [0.3, 0.4) is 0 Å². The largest absolute Gasteiger partial charge is 0.481 e. The first-order chi connectivity index (χ1) is 12.7. The highest BCUT2D eigenvalue weighted by atomic mass is 16.4. The molecule has 1 aliphatic heterocycles. The molecule has 1 heterocycles. The number of benzene rings is 2. The summed E-state index contributed by atoms with van der Waals surface area (Å²) in [5, 5.41) is 8.93. The van der Waals surface area contributed by atoms with E-state index in [1.165, 1.54) is 24.0 Å². The second kappa shape index (κ2) is 9.54. The van der Waals surface area contributed by atoms with E-state index in [-0.39, 0.29) is 0 Å². The molecule has 1 atom stereocenters. The molecule has 1 fully saturated rings. The van der Waals surface area contributed by atoms with Crippen LogP contribution in [0.25, 0.3) is 0 Å². The van der Waals surface area contributed by atoms with Crippen LogP contribution < -0.4 is 0 Å². The molecule has 1 N–H and O–H groups in total. The van der Waals surface area contributed by atoms with E-state index in [2.05, 4.69) is 65.6 Å². The summed E-state index contributed by atoms with van der Waals surface area (Å²) in [4.78, 5) is 13.3. The molecule has 0 amide bonds. The predicted molar refractivity (Wildman–Crippen MR) is 105 cm³/mol. The minimum Gasteiger partial charge on any atom is -0.481 e. The Hall–Kier alpha value is -2.13. The average Bonchev–Trinajstić information content (AvgIpc) is 3.10. The maximum atomic E-state index is 10.8. The lowest BCUT2D eigenvalue weighted by Gasteiger charge is -2.20. The van der Waals surface area contributed by atoms with Gasteiger partial charge in [-0.2, -0.15) is 0 Å². The fraction of sp³-hybridized carbons (Fsp3) is 0.435. The Bertz CT molecular complexity index is 632. The maximum Gasteiger partial charge on any atom is 0.303 e. The molecule has 0 aliphatic carbocycles. The van der Waals surface area contributed by atoms with Crippen molar-refractivity contribution < 1.29 is 9.90 Å². The van der Waals surface area contributed by atoms with E-state index in [1.807, 2.05) is 0 Å². The SMILES string of the molecule is O=C(O)CC1CCN(CCCCC(c2ccccc2)c2ccccc2)C1. The topological polar surface area (TPSA) is 40.5 Å². The summed E-state index contributed by atoms with van der Waals surface area (Å²) in [6.07, 6.45) is 4.87. The van der Waals surface area contributed by atoms with Crippen LogP contribution in [-0.4, -0.2) is 35.6 Å². The number of aliphatic carboxylic acids is 1. The number of carbonyl (C=O) groups is 1. The van der Waals surface area contributed by atoms with Crippen LogP contribution in [0.15, 0.2) is 60.7 Å². The summed E-state index contributed by atoms with van der Waals surface area (Å²) in [6.45, 7) is 3.10. The van der Waals surface area contributed by atoms with Crippen LogP contribution in [-0.2, 0) is 4.79 Å². The number of hydrogen-bond donors (Lipinski definition) is 1. The number of likely N-dealkylation sites (tertiary alicyclic amines) is 1. The lowest BCUT2D eigenvalue weighted by atomic mass is 9.87. The van der Waals surface area contributed by atoms with Gasteiger partial charge in [-0.3, -0.25) is 4.79 Å². The smallest absolute Gasteiger partial charge is 0.303 e. The van der Waals surface area contributed by atoms with Crippen LogP contribution in [0.2, 0.25) is 0 Å². The van der Waals surface area contributed by atoms with Crippen LogP contribution in [0.4, 0.5) is 0 Å². The van der Waals surface area contributed by atoms with Gasteiger partial charge in [-0.15, -0.1) is 0 Å². The molecule has 3 nitrogen and oxygen atoms in total. The third kappa shape index (κ3) is 5.43. The number of hydrogen-bond acceptors (Lipinski definition) is 2. The van der Waals surface area contributed by atoms with Gasteiger partial charge in [0.2, 0.25) is 0 Å². The summed E-state index contributed by atoms with van der Waals surface area (Å²) in [6, 6.07) is 21.6. The fourth-order valence-electron chi connectivity index (χ4n) is 4.11. The summed E-state index contributed by atoms with van der Waals surface area (Å²) >= 11 is 0. The van der Waals surface area contributed by atoms with Gasteiger partial charge >= 0.3 is 5.97 Å². The van der Waals surface area contributed by atoms with Crippen molar-refractivity contribution in [1.29, 1.82) is 0 Å². The molecule has 1 unspecified atom stereocenters. The lowest BCUT2D eigenvalue weighted by molar-refractivity contribution is -0.138. The zero-order chi connectivity index (χ0) is 18.2. The molecule has 1 aliphatic rings. The van der Waals surface area contributed by atoms with Gasteiger partial charge in [0.15, 0.2) is 0 Å². The molecule has 3 rings (SSSR count). The summed E-state index contributed by atoms with van der Waals surface area (Å²) in [5.74, 6) is 0.134. The van der Waals surface area contributed by atoms with Gasteiger partial charge in [0, 0.05) is 18.9 Å². The molecule has 26 heavy (non-hydrogen) atoms. The summed E-state index contributed by atoms with van der Waals surface area (Å²) < 4.78 is 0. The Morgan fingerprint density at radius 1 is 1.00 bits per heavy atom. The van der Waals surface area contributed by atoms with E-state index < -0.39 is 5.97 Å². The van der Waals surface area contributed by atoms with E-state index in [9.17, 15) is 4.79 Å². The lowest BCUT2D eigenvalue weighted by Crippen LogP contribution is -2.22. The minimum absolute atomic E-state index is 0.320. The van der Waals surface area contributed by atoms with E-state index in [0.717, 1.165) is 32.5 Å². The van der Waals surface area contributed by atoms with Crippen LogP contribution >= 0.6 is 0 Å². The Balaban J connectivity index is 1.49. The van der Waals surface area contributed by atoms with Crippen LogP contribution in [0, 0.1) is 5.92 Å².